The van der Waals surface area contributed by atoms with Crippen molar-refractivity contribution in [2.24, 2.45) is 0 Å². The van der Waals surface area contributed by atoms with Crippen LogP contribution >= 0.6 is 0 Å². The van der Waals surface area contributed by atoms with E-state index in [1.807, 2.05) is 0 Å². The van der Waals surface area contributed by atoms with Crippen molar-refractivity contribution >= 4 is 21.5 Å². The van der Waals surface area contributed by atoms with Gasteiger partial charge in [-0.2, -0.15) is 4.98 Å². The first-order valence-electron chi connectivity index (χ1n) is 9.71. The summed E-state index contributed by atoms with van der Waals surface area (Å²) in [6.45, 7) is 2.25. The van der Waals surface area contributed by atoms with Gasteiger partial charge in [-0.25, -0.2) is 13.5 Å². The van der Waals surface area contributed by atoms with Crippen molar-refractivity contribution in [2.45, 2.75) is 55.5 Å². The molecule has 6 nitrogen and oxygen atoms in total. The van der Waals surface area contributed by atoms with Crippen molar-refractivity contribution < 1.29 is 8.42 Å². The van der Waals surface area contributed by atoms with Crippen LogP contribution in [-0.2, 0) is 35.5 Å². The third-order valence-corrected chi connectivity index (χ3v) is 7.54. The number of hydrogen-bond acceptors (Lipinski definition) is 5. The third kappa shape index (κ3) is 2.64. The number of rotatable bonds is 4. The maximum atomic E-state index is 12.8. The molecule has 0 aliphatic heterocycles. The molecular formula is C21H22N4O2S. The fraction of sp³-hybridized carbons (Fsp3) is 0.333. The van der Waals surface area contributed by atoms with Crippen LogP contribution in [0.1, 0.15) is 40.7 Å². The Morgan fingerprint density at radius 1 is 0.929 bits per heavy atom. The summed E-state index contributed by atoms with van der Waals surface area (Å²) in [5, 5.41) is 9.97. The lowest BCUT2D eigenvalue weighted by Gasteiger charge is -2.18. The molecule has 3 aromatic rings. The Bertz CT molecular complexity index is 1130. The molecule has 144 valence electrons. The molecule has 0 saturated carbocycles. The molecule has 2 aliphatic carbocycles. The van der Waals surface area contributed by atoms with Gasteiger partial charge in [-0.05, 0) is 85.4 Å². The molecule has 2 N–H and O–H groups in total. The average molecular weight is 395 g/mol. The van der Waals surface area contributed by atoms with Crippen molar-refractivity contribution in [2.75, 3.05) is 5.32 Å². The summed E-state index contributed by atoms with van der Waals surface area (Å²) in [5.41, 5.74) is 8.18. The number of benzene rings is 2. The lowest BCUT2D eigenvalue weighted by molar-refractivity contribution is 0.588. The maximum absolute atomic E-state index is 12.8. The van der Waals surface area contributed by atoms with Crippen molar-refractivity contribution in [3.8, 4) is 0 Å². The summed E-state index contributed by atoms with van der Waals surface area (Å²) in [4.78, 5) is 4.46. The maximum Gasteiger partial charge on any atom is 0.249 e. The molecule has 2 aliphatic rings. The van der Waals surface area contributed by atoms with Crippen molar-refractivity contribution in [1.82, 2.24) is 15.2 Å². The van der Waals surface area contributed by atoms with E-state index in [9.17, 15) is 8.42 Å². The Hall–Kier alpha value is -2.67. The first-order chi connectivity index (χ1) is 13.6. The molecule has 0 bridgehead atoms. The van der Waals surface area contributed by atoms with Crippen LogP contribution in [-0.4, -0.2) is 23.6 Å². The van der Waals surface area contributed by atoms with Gasteiger partial charge >= 0.3 is 0 Å². The number of aromatic nitrogens is 3. The van der Waals surface area contributed by atoms with Crippen LogP contribution in [0.2, 0.25) is 0 Å². The Morgan fingerprint density at radius 2 is 1.54 bits per heavy atom. The molecule has 1 heterocycles. The van der Waals surface area contributed by atoms with Crippen molar-refractivity contribution in [3.63, 3.8) is 0 Å². The van der Waals surface area contributed by atoms with Crippen LogP contribution < -0.4 is 5.32 Å². The Labute approximate surface area is 164 Å². The molecular weight excluding hydrogens is 372 g/mol. The first-order valence-corrected chi connectivity index (χ1v) is 11.2. The van der Waals surface area contributed by atoms with E-state index in [0.717, 1.165) is 44.2 Å². The van der Waals surface area contributed by atoms with Crippen LogP contribution in [0, 0.1) is 6.92 Å². The summed E-state index contributed by atoms with van der Waals surface area (Å²) in [5.74, 6) is 0.307. The summed E-state index contributed by atoms with van der Waals surface area (Å²) in [6.07, 6.45) is 6.65. The van der Waals surface area contributed by atoms with Gasteiger partial charge in [-0.15, -0.1) is 5.10 Å². The second-order valence-corrected chi connectivity index (χ2v) is 9.39. The van der Waals surface area contributed by atoms with E-state index in [1.165, 1.54) is 27.8 Å². The van der Waals surface area contributed by atoms with E-state index >= 15 is 0 Å². The van der Waals surface area contributed by atoms with Gasteiger partial charge in [0.05, 0.1) is 4.90 Å². The van der Waals surface area contributed by atoms with E-state index in [0.29, 0.717) is 5.95 Å². The molecule has 28 heavy (non-hydrogen) atoms. The van der Waals surface area contributed by atoms with Crippen LogP contribution in [0.5, 0.6) is 0 Å². The second-order valence-electron chi connectivity index (χ2n) is 7.53. The van der Waals surface area contributed by atoms with Gasteiger partial charge in [0.15, 0.2) is 0 Å². The van der Waals surface area contributed by atoms with E-state index in [1.54, 1.807) is 30.3 Å². The topological polar surface area (TPSA) is 87.7 Å². The number of sulfone groups is 1. The number of anilines is 2. The number of nitrogens with one attached hydrogen (secondary N) is 2. The molecule has 0 atom stereocenters. The Morgan fingerprint density at radius 3 is 2.18 bits per heavy atom. The number of fused-ring (bicyclic) bond motifs is 2. The highest BCUT2D eigenvalue weighted by atomic mass is 32.2. The standard InChI is InChI=1S/C21H22N4O2S/c1-13-15-9-5-11-17(15)19(18-12-6-10-16(13)18)22-20-23-21(25-24-20)28(26,27)14-7-3-2-4-8-14/h2-4,7-8H,5-6,9-12H2,1H3,(H2,22,23,24,25). The summed E-state index contributed by atoms with van der Waals surface area (Å²) < 4.78 is 25.5. The lowest BCUT2D eigenvalue weighted by Crippen LogP contribution is -2.06. The highest BCUT2D eigenvalue weighted by molar-refractivity contribution is 7.91. The monoisotopic (exact) mass is 394 g/mol. The minimum atomic E-state index is -3.71. The molecule has 0 saturated heterocycles. The first kappa shape index (κ1) is 17.4. The summed E-state index contributed by atoms with van der Waals surface area (Å²) in [6, 6.07) is 8.29. The zero-order valence-corrected chi connectivity index (χ0v) is 16.6. The number of aromatic amines is 1. The second kappa shape index (κ2) is 6.44. The van der Waals surface area contributed by atoms with Gasteiger partial charge in [0.25, 0.3) is 0 Å². The average Bonchev–Trinajstić information content (AvgIpc) is 3.46. The van der Waals surface area contributed by atoms with Crippen LogP contribution in [0.3, 0.4) is 0 Å². The van der Waals surface area contributed by atoms with Crippen LogP contribution in [0.25, 0.3) is 0 Å². The van der Waals surface area contributed by atoms with Crippen LogP contribution in [0.15, 0.2) is 40.4 Å². The zero-order chi connectivity index (χ0) is 19.3. The number of hydrogen-bond donors (Lipinski definition) is 2. The minimum Gasteiger partial charge on any atom is -0.322 e. The van der Waals surface area contributed by atoms with Crippen molar-refractivity contribution in [3.05, 3.63) is 58.1 Å². The van der Waals surface area contributed by atoms with E-state index in [-0.39, 0.29) is 10.1 Å². The fourth-order valence-electron chi connectivity index (χ4n) is 4.63. The number of H-pyrrole nitrogens is 1. The van der Waals surface area contributed by atoms with Gasteiger partial charge < -0.3 is 5.32 Å². The summed E-state index contributed by atoms with van der Waals surface area (Å²) >= 11 is 0. The molecule has 2 aromatic carbocycles. The fourth-order valence-corrected chi connectivity index (χ4v) is 5.74. The predicted octanol–water partition coefficient (Wildman–Crippen LogP) is 3.67. The van der Waals surface area contributed by atoms with E-state index in [2.05, 4.69) is 27.4 Å². The lowest BCUT2D eigenvalue weighted by atomic mass is 9.93. The van der Waals surface area contributed by atoms with Crippen LogP contribution in [0.4, 0.5) is 11.6 Å². The molecule has 0 spiro atoms. The third-order valence-electron chi connectivity index (χ3n) is 5.95. The zero-order valence-electron chi connectivity index (χ0n) is 15.7. The SMILES string of the molecule is Cc1c2c(c(Nc3n[nH]c(S(=O)(=O)c4ccccc4)n3)c3c1CCC3)CCC2. The Kier molecular flexibility index (Phi) is 4.01. The Balaban J connectivity index is 1.53. The van der Waals surface area contributed by atoms with E-state index < -0.39 is 9.84 Å². The van der Waals surface area contributed by atoms with Gasteiger partial charge in [-0.1, -0.05) is 18.2 Å². The molecule has 1 aromatic heterocycles. The largest absolute Gasteiger partial charge is 0.322 e. The predicted molar refractivity (Wildman–Crippen MR) is 107 cm³/mol. The number of nitrogens with zero attached hydrogens (tertiary/aromatic N) is 2. The van der Waals surface area contributed by atoms with Crippen molar-refractivity contribution in [1.29, 1.82) is 0 Å². The van der Waals surface area contributed by atoms with Gasteiger partial charge in [0, 0.05) is 5.69 Å². The molecule has 0 radical (unpaired) electrons. The minimum absolute atomic E-state index is 0.137. The molecule has 0 fully saturated rings. The highest BCUT2D eigenvalue weighted by Gasteiger charge is 2.28. The molecule has 0 unspecified atom stereocenters. The highest BCUT2D eigenvalue weighted by Crippen LogP contribution is 2.42. The molecule has 7 heteroatoms. The molecule has 0 amide bonds. The molecule has 5 rings (SSSR count). The van der Waals surface area contributed by atoms with Gasteiger partial charge in [0.2, 0.25) is 20.9 Å². The van der Waals surface area contributed by atoms with Gasteiger partial charge in [0.1, 0.15) is 0 Å². The quantitative estimate of drug-likeness (QED) is 0.705. The van der Waals surface area contributed by atoms with Gasteiger partial charge in [-0.3, -0.25) is 0 Å². The smallest absolute Gasteiger partial charge is 0.249 e. The van der Waals surface area contributed by atoms with E-state index in [4.69, 9.17) is 0 Å². The summed E-state index contributed by atoms with van der Waals surface area (Å²) in [7, 11) is -3.71. The normalized spacial score (nSPS) is 15.5.